The molecule has 3 aromatic rings. The molecule has 1 N–H and O–H groups in total. The minimum absolute atomic E-state index is 0.0965. The normalized spacial score (nSPS) is 10.3. The van der Waals surface area contributed by atoms with Crippen molar-refractivity contribution in [2.75, 3.05) is 19.5 Å². The Bertz CT molecular complexity index is 842. The van der Waals surface area contributed by atoms with E-state index in [1.54, 1.807) is 38.5 Å². The number of benzene rings is 2. The summed E-state index contributed by atoms with van der Waals surface area (Å²) in [5.74, 6) is 1.46. The summed E-state index contributed by atoms with van der Waals surface area (Å²) >= 11 is 1.48. The summed E-state index contributed by atoms with van der Waals surface area (Å²) in [6, 6.07) is 14.9. The summed E-state index contributed by atoms with van der Waals surface area (Å²) in [6.45, 7) is 0. The van der Waals surface area contributed by atoms with Crippen LogP contribution in [0.4, 0.5) is 5.69 Å². The smallest absolute Gasteiger partial charge is 0.231 e. The number of hydrogen-bond donors (Lipinski definition) is 1. The van der Waals surface area contributed by atoms with Gasteiger partial charge in [0.05, 0.1) is 26.3 Å². The second-order valence-corrected chi connectivity index (χ2v) is 6.25. The number of nitrogens with one attached hydrogen (secondary N) is 1. The number of aromatic nitrogens is 1. The van der Waals surface area contributed by atoms with Crippen molar-refractivity contribution in [2.45, 2.75) is 6.42 Å². The van der Waals surface area contributed by atoms with Crippen LogP contribution < -0.4 is 14.8 Å². The second-order valence-electron chi connectivity index (χ2n) is 5.31. The van der Waals surface area contributed by atoms with E-state index in [4.69, 9.17) is 9.47 Å². The second kappa shape index (κ2) is 7.81. The van der Waals surface area contributed by atoms with Crippen LogP contribution in [0.1, 0.15) is 5.01 Å². The highest BCUT2D eigenvalue weighted by Gasteiger charge is 2.10. The van der Waals surface area contributed by atoms with E-state index in [9.17, 15) is 4.79 Å². The maximum Gasteiger partial charge on any atom is 0.231 e. The van der Waals surface area contributed by atoms with E-state index in [1.807, 2.05) is 29.6 Å². The fourth-order valence-corrected chi connectivity index (χ4v) is 3.11. The van der Waals surface area contributed by atoms with Crippen molar-refractivity contribution in [3.63, 3.8) is 0 Å². The van der Waals surface area contributed by atoms with E-state index in [-0.39, 0.29) is 12.3 Å². The molecule has 0 saturated carbocycles. The zero-order valence-corrected chi connectivity index (χ0v) is 14.8. The van der Waals surface area contributed by atoms with Gasteiger partial charge in [-0.3, -0.25) is 4.79 Å². The number of ether oxygens (including phenoxy) is 2. The Morgan fingerprint density at radius 3 is 2.20 bits per heavy atom. The zero-order chi connectivity index (χ0) is 17.6. The first-order valence-electron chi connectivity index (χ1n) is 7.70. The van der Waals surface area contributed by atoms with Crippen molar-refractivity contribution in [3.05, 3.63) is 58.9 Å². The maximum atomic E-state index is 12.2. The Hall–Kier alpha value is -2.86. The molecule has 3 rings (SSSR count). The van der Waals surface area contributed by atoms with Gasteiger partial charge in [0, 0.05) is 16.6 Å². The van der Waals surface area contributed by atoms with Crippen LogP contribution in [0.25, 0.3) is 11.3 Å². The Balaban J connectivity index is 1.62. The van der Waals surface area contributed by atoms with E-state index in [1.165, 1.54) is 11.3 Å². The van der Waals surface area contributed by atoms with Crippen LogP contribution in [0.3, 0.4) is 0 Å². The van der Waals surface area contributed by atoms with Gasteiger partial charge in [-0.15, -0.1) is 11.3 Å². The number of hydrogen-bond acceptors (Lipinski definition) is 5. The fraction of sp³-hybridized carbons (Fsp3) is 0.158. The van der Waals surface area contributed by atoms with Crippen LogP contribution in [0.2, 0.25) is 0 Å². The Labute approximate surface area is 150 Å². The first kappa shape index (κ1) is 17.0. The number of carbonyl (C=O) groups is 1. The van der Waals surface area contributed by atoms with Crippen LogP contribution in [-0.4, -0.2) is 25.1 Å². The average molecular weight is 354 g/mol. The van der Waals surface area contributed by atoms with Gasteiger partial charge in [0.25, 0.3) is 0 Å². The summed E-state index contributed by atoms with van der Waals surface area (Å²) in [7, 11) is 3.24. The van der Waals surface area contributed by atoms with Crippen molar-refractivity contribution in [3.8, 4) is 22.8 Å². The highest BCUT2D eigenvalue weighted by molar-refractivity contribution is 7.10. The molecule has 5 nitrogen and oxygen atoms in total. The summed E-state index contributed by atoms with van der Waals surface area (Å²) < 4.78 is 10.3. The molecule has 0 radical (unpaired) electrons. The van der Waals surface area contributed by atoms with Gasteiger partial charge in [0.15, 0.2) is 0 Å². The van der Waals surface area contributed by atoms with Crippen molar-refractivity contribution >= 4 is 22.9 Å². The first-order valence-corrected chi connectivity index (χ1v) is 8.58. The molecule has 0 saturated heterocycles. The number of thiazole rings is 1. The number of amides is 1. The molecule has 6 heteroatoms. The molecule has 0 spiro atoms. The van der Waals surface area contributed by atoms with Gasteiger partial charge < -0.3 is 14.8 Å². The number of anilines is 1. The topological polar surface area (TPSA) is 60.5 Å². The third-order valence-corrected chi connectivity index (χ3v) is 4.47. The highest BCUT2D eigenvalue weighted by atomic mass is 32.1. The van der Waals surface area contributed by atoms with Gasteiger partial charge in [-0.1, -0.05) is 0 Å². The predicted molar refractivity (Wildman–Crippen MR) is 99.4 cm³/mol. The quantitative estimate of drug-likeness (QED) is 0.727. The Kier molecular flexibility index (Phi) is 5.30. The molecule has 0 unspecified atom stereocenters. The Morgan fingerprint density at radius 1 is 1.00 bits per heavy atom. The van der Waals surface area contributed by atoms with Crippen LogP contribution in [-0.2, 0) is 11.2 Å². The molecule has 1 aromatic heterocycles. The fourth-order valence-electron chi connectivity index (χ4n) is 2.30. The summed E-state index contributed by atoms with van der Waals surface area (Å²) in [6.07, 6.45) is 0.243. The van der Waals surface area contributed by atoms with Gasteiger partial charge in [0.2, 0.25) is 5.91 Å². The first-order chi connectivity index (χ1) is 12.2. The third-order valence-electron chi connectivity index (χ3n) is 3.62. The molecular weight excluding hydrogens is 336 g/mol. The lowest BCUT2D eigenvalue weighted by atomic mass is 10.2. The SMILES string of the molecule is COc1ccc(NC(=O)Cc2nc(-c3ccc(OC)cc3)cs2)cc1. The van der Waals surface area contributed by atoms with E-state index < -0.39 is 0 Å². The van der Waals surface area contributed by atoms with E-state index in [0.29, 0.717) is 0 Å². The standard InChI is InChI=1S/C19H18N2O3S/c1-23-15-7-3-13(4-8-15)17-12-25-19(21-17)11-18(22)20-14-5-9-16(24-2)10-6-14/h3-10,12H,11H2,1-2H3,(H,20,22). The van der Waals surface area contributed by atoms with Crippen LogP contribution >= 0.6 is 11.3 Å². The molecule has 0 bridgehead atoms. The number of rotatable bonds is 6. The minimum Gasteiger partial charge on any atom is -0.497 e. The average Bonchev–Trinajstić information content (AvgIpc) is 3.10. The molecule has 2 aromatic carbocycles. The molecule has 0 aliphatic rings. The molecule has 0 atom stereocenters. The molecule has 0 aliphatic carbocycles. The predicted octanol–water partition coefficient (Wildman–Crippen LogP) is 4.01. The highest BCUT2D eigenvalue weighted by Crippen LogP contribution is 2.24. The zero-order valence-electron chi connectivity index (χ0n) is 14.0. The maximum absolute atomic E-state index is 12.2. The van der Waals surface area contributed by atoms with Crippen molar-refractivity contribution < 1.29 is 14.3 Å². The van der Waals surface area contributed by atoms with Gasteiger partial charge in [-0.25, -0.2) is 4.98 Å². The molecule has 0 aliphatic heterocycles. The number of nitrogens with zero attached hydrogens (tertiary/aromatic N) is 1. The van der Waals surface area contributed by atoms with Crippen molar-refractivity contribution in [1.82, 2.24) is 4.98 Å². The van der Waals surface area contributed by atoms with Crippen LogP contribution in [0, 0.1) is 0 Å². The van der Waals surface area contributed by atoms with Gasteiger partial charge >= 0.3 is 0 Å². The largest absolute Gasteiger partial charge is 0.497 e. The molecule has 1 heterocycles. The van der Waals surface area contributed by atoms with Crippen LogP contribution in [0.15, 0.2) is 53.9 Å². The van der Waals surface area contributed by atoms with Crippen molar-refractivity contribution in [1.29, 1.82) is 0 Å². The Morgan fingerprint density at radius 2 is 1.60 bits per heavy atom. The van der Waals surface area contributed by atoms with Gasteiger partial charge in [0.1, 0.15) is 16.5 Å². The molecule has 1 amide bonds. The van der Waals surface area contributed by atoms with Gasteiger partial charge in [-0.05, 0) is 48.5 Å². The minimum atomic E-state index is -0.0965. The summed E-state index contributed by atoms with van der Waals surface area (Å²) in [5, 5.41) is 5.59. The van der Waals surface area contributed by atoms with E-state index in [2.05, 4.69) is 10.3 Å². The number of carbonyl (C=O) groups excluding carboxylic acids is 1. The van der Waals surface area contributed by atoms with Crippen LogP contribution in [0.5, 0.6) is 11.5 Å². The van der Waals surface area contributed by atoms with E-state index in [0.717, 1.165) is 33.5 Å². The van der Waals surface area contributed by atoms with E-state index >= 15 is 0 Å². The number of methoxy groups -OCH3 is 2. The summed E-state index contributed by atoms with van der Waals surface area (Å²) in [5.41, 5.74) is 2.59. The lowest BCUT2D eigenvalue weighted by Crippen LogP contribution is -2.14. The summed E-state index contributed by atoms with van der Waals surface area (Å²) in [4.78, 5) is 16.7. The lowest BCUT2D eigenvalue weighted by molar-refractivity contribution is -0.115. The monoisotopic (exact) mass is 354 g/mol. The molecular formula is C19H18N2O3S. The van der Waals surface area contributed by atoms with Gasteiger partial charge in [-0.2, -0.15) is 0 Å². The third kappa shape index (κ3) is 4.36. The lowest BCUT2D eigenvalue weighted by Gasteiger charge is -2.05. The molecule has 128 valence electrons. The molecule has 0 fully saturated rings. The molecule has 25 heavy (non-hydrogen) atoms. The van der Waals surface area contributed by atoms with Crippen molar-refractivity contribution in [2.24, 2.45) is 0 Å².